The van der Waals surface area contributed by atoms with Gasteiger partial charge in [0.05, 0.1) is 29.6 Å². The third kappa shape index (κ3) is 10.2. The zero-order chi connectivity index (χ0) is 35.3. The Balaban J connectivity index is 1.99. The Morgan fingerprint density at radius 2 is 1.47 bits per heavy atom. The van der Waals surface area contributed by atoms with Crippen molar-refractivity contribution in [2.45, 2.75) is 71.9 Å². The first-order valence-electron chi connectivity index (χ1n) is 14.1. The monoisotopic (exact) mass is 661 g/mol. The van der Waals surface area contributed by atoms with Crippen LogP contribution in [0.2, 0.25) is 0 Å². The van der Waals surface area contributed by atoms with Crippen molar-refractivity contribution in [3.8, 4) is 22.6 Å². The molecule has 3 aromatic carbocycles. The molecular weight excluding hydrogens is 627 g/mol. The standard InChI is InChI=1S/C33H34F3NO10/c1-31(2,3)46-29(39)27-21(11-15-24(33(34,35)36)28(27)45-30(40)47-32(4,5)6)18-44-22-12-9-20(10-13-22)23-14-8-19(17-26(38)43-7)16-25(23)37(41)42/h8-16H,17-18H2,1-7H3. The average Bonchev–Trinajstić information content (AvgIpc) is 2.93. The zero-order valence-corrected chi connectivity index (χ0v) is 26.8. The van der Waals surface area contributed by atoms with Crippen LogP contribution in [0.15, 0.2) is 54.6 Å². The van der Waals surface area contributed by atoms with E-state index in [0.717, 1.165) is 6.07 Å². The van der Waals surface area contributed by atoms with Crippen molar-refractivity contribution in [2.75, 3.05) is 7.11 Å². The van der Waals surface area contributed by atoms with Crippen molar-refractivity contribution < 1.29 is 56.2 Å². The van der Waals surface area contributed by atoms with Gasteiger partial charge in [0.2, 0.25) is 0 Å². The van der Waals surface area contributed by atoms with E-state index >= 15 is 0 Å². The molecule has 0 unspecified atom stereocenters. The lowest BCUT2D eigenvalue weighted by Gasteiger charge is -2.24. The lowest BCUT2D eigenvalue weighted by molar-refractivity contribution is -0.384. The molecule has 14 heteroatoms. The lowest BCUT2D eigenvalue weighted by atomic mass is 10.00. The zero-order valence-electron chi connectivity index (χ0n) is 26.8. The SMILES string of the molecule is COC(=O)Cc1ccc(-c2ccc(OCc3ccc(C(F)(F)F)c(OC(=O)OC(C)(C)C)c3C(=O)OC(C)(C)C)cc2)c([N+](=O)[O-])c1. The Bertz CT molecular complexity index is 1650. The summed E-state index contributed by atoms with van der Waals surface area (Å²) in [4.78, 5) is 48.6. The van der Waals surface area contributed by atoms with E-state index in [4.69, 9.17) is 18.9 Å². The molecule has 3 aromatic rings. The number of rotatable bonds is 9. The van der Waals surface area contributed by atoms with E-state index in [1.807, 2.05) is 0 Å². The number of alkyl halides is 3. The average molecular weight is 662 g/mol. The van der Waals surface area contributed by atoms with Crippen LogP contribution in [0.3, 0.4) is 0 Å². The molecule has 0 radical (unpaired) electrons. The second-order valence-electron chi connectivity index (χ2n) is 12.2. The number of methoxy groups -OCH3 is 1. The van der Waals surface area contributed by atoms with E-state index in [1.165, 1.54) is 85.1 Å². The molecule has 0 aliphatic rings. The van der Waals surface area contributed by atoms with Gasteiger partial charge in [-0.05, 0) is 76.9 Å². The van der Waals surface area contributed by atoms with E-state index in [1.54, 1.807) is 6.07 Å². The number of nitro benzene ring substituents is 1. The molecule has 0 N–H and O–H groups in total. The summed E-state index contributed by atoms with van der Waals surface area (Å²) in [6, 6.07) is 12.0. The molecule has 0 bridgehead atoms. The number of hydrogen-bond donors (Lipinski definition) is 0. The molecule has 0 aromatic heterocycles. The van der Waals surface area contributed by atoms with Gasteiger partial charge in [-0.2, -0.15) is 13.2 Å². The highest BCUT2D eigenvalue weighted by Crippen LogP contribution is 2.41. The maximum atomic E-state index is 14.1. The van der Waals surface area contributed by atoms with Crippen molar-refractivity contribution in [3.05, 3.63) is 87.0 Å². The topological polar surface area (TPSA) is 140 Å². The highest BCUT2D eigenvalue weighted by Gasteiger charge is 2.40. The molecule has 0 aliphatic carbocycles. The summed E-state index contributed by atoms with van der Waals surface area (Å²) < 4.78 is 68.0. The first kappa shape index (κ1) is 36.3. The molecule has 0 heterocycles. The molecule has 0 atom stereocenters. The Kier molecular flexibility index (Phi) is 10.9. The minimum absolute atomic E-state index is 0.0910. The number of benzene rings is 3. The molecule has 0 amide bonds. The summed E-state index contributed by atoms with van der Waals surface area (Å²) in [5, 5.41) is 11.8. The van der Waals surface area contributed by atoms with Crippen LogP contribution in [0.5, 0.6) is 11.5 Å². The number of halogens is 3. The quantitative estimate of drug-likeness (QED) is 0.0732. The highest BCUT2D eigenvalue weighted by atomic mass is 19.4. The van der Waals surface area contributed by atoms with Crippen LogP contribution in [0.4, 0.5) is 23.7 Å². The van der Waals surface area contributed by atoms with Gasteiger partial charge in [-0.15, -0.1) is 0 Å². The smallest absolute Gasteiger partial charge is 0.489 e. The van der Waals surface area contributed by atoms with E-state index < -0.39 is 63.9 Å². The molecule has 11 nitrogen and oxygen atoms in total. The van der Waals surface area contributed by atoms with Crippen molar-refractivity contribution in [3.63, 3.8) is 0 Å². The summed E-state index contributed by atoms with van der Waals surface area (Å²) in [6.07, 6.45) is -6.64. The van der Waals surface area contributed by atoms with Gasteiger partial charge in [-0.1, -0.05) is 24.3 Å². The fourth-order valence-electron chi connectivity index (χ4n) is 4.19. The molecule has 0 saturated heterocycles. The highest BCUT2D eigenvalue weighted by molar-refractivity contribution is 5.96. The second-order valence-corrected chi connectivity index (χ2v) is 12.2. The molecule has 0 spiro atoms. The van der Waals surface area contributed by atoms with Crippen LogP contribution in [-0.2, 0) is 38.2 Å². The van der Waals surface area contributed by atoms with E-state index in [9.17, 15) is 37.7 Å². The van der Waals surface area contributed by atoms with Gasteiger partial charge in [-0.3, -0.25) is 14.9 Å². The molecule has 3 rings (SSSR count). The Hall–Kier alpha value is -5.14. The number of esters is 2. The van der Waals surface area contributed by atoms with E-state index in [-0.39, 0.29) is 29.0 Å². The van der Waals surface area contributed by atoms with Crippen LogP contribution in [-0.4, -0.2) is 41.3 Å². The fourth-order valence-corrected chi connectivity index (χ4v) is 4.19. The third-order valence-corrected chi connectivity index (χ3v) is 6.12. The molecule has 0 fully saturated rings. The predicted octanol–water partition coefficient (Wildman–Crippen LogP) is 7.84. The predicted molar refractivity (Wildman–Crippen MR) is 162 cm³/mol. The van der Waals surface area contributed by atoms with Gasteiger partial charge in [0.1, 0.15) is 29.1 Å². The van der Waals surface area contributed by atoms with Gasteiger partial charge in [0.15, 0.2) is 5.75 Å². The van der Waals surface area contributed by atoms with Crippen LogP contribution in [0.25, 0.3) is 11.1 Å². The molecule has 47 heavy (non-hydrogen) atoms. The van der Waals surface area contributed by atoms with Gasteiger partial charge in [0.25, 0.3) is 5.69 Å². The number of carbonyl (C=O) groups excluding carboxylic acids is 3. The van der Waals surface area contributed by atoms with Crippen molar-refractivity contribution in [1.82, 2.24) is 0 Å². The lowest BCUT2D eigenvalue weighted by Crippen LogP contribution is -2.29. The number of nitrogens with zero attached hydrogens (tertiary/aromatic N) is 1. The fraction of sp³-hybridized carbons (Fsp3) is 0.364. The summed E-state index contributed by atoms with van der Waals surface area (Å²) in [5.41, 5.74) is -3.57. The van der Waals surface area contributed by atoms with Crippen molar-refractivity contribution >= 4 is 23.8 Å². The summed E-state index contributed by atoms with van der Waals surface area (Å²) in [6.45, 7) is 8.55. The summed E-state index contributed by atoms with van der Waals surface area (Å²) >= 11 is 0. The minimum Gasteiger partial charge on any atom is -0.489 e. The maximum absolute atomic E-state index is 14.1. The number of ether oxygens (including phenoxy) is 5. The van der Waals surface area contributed by atoms with Gasteiger partial charge in [-0.25, -0.2) is 9.59 Å². The van der Waals surface area contributed by atoms with E-state index in [0.29, 0.717) is 17.2 Å². The van der Waals surface area contributed by atoms with Crippen molar-refractivity contribution in [1.29, 1.82) is 0 Å². The van der Waals surface area contributed by atoms with Crippen LogP contribution >= 0.6 is 0 Å². The maximum Gasteiger partial charge on any atom is 0.514 e. The number of nitro groups is 1. The summed E-state index contributed by atoms with van der Waals surface area (Å²) in [5.74, 6) is -2.65. The summed E-state index contributed by atoms with van der Waals surface area (Å²) in [7, 11) is 1.21. The minimum atomic E-state index is -5.02. The molecule has 252 valence electrons. The van der Waals surface area contributed by atoms with Gasteiger partial charge >= 0.3 is 24.3 Å². The first-order chi connectivity index (χ1) is 21.7. The van der Waals surface area contributed by atoms with Crippen LogP contribution < -0.4 is 9.47 Å². The van der Waals surface area contributed by atoms with E-state index in [2.05, 4.69) is 4.74 Å². The Labute approximate surface area is 268 Å². The first-order valence-corrected chi connectivity index (χ1v) is 14.1. The third-order valence-electron chi connectivity index (χ3n) is 6.12. The molecule has 0 aliphatic heterocycles. The molecular formula is C33H34F3NO10. The normalized spacial score (nSPS) is 11.8. The largest absolute Gasteiger partial charge is 0.514 e. The second kappa shape index (κ2) is 14.1. The number of carbonyl (C=O) groups is 3. The molecule has 0 saturated carbocycles. The van der Waals surface area contributed by atoms with Crippen LogP contribution in [0.1, 0.15) is 68.6 Å². The Morgan fingerprint density at radius 1 is 0.851 bits per heavy atom. The van der Waals surface area contributed by atoms with Crippen molar-refractivity contribution in [2.24, 2.45) is 0 Å². The number of hydrogen-bond acceptors (Lipinski definition) is 10. The Morgan fingerprint density at radius 3 is 2.00 bits per heavy atom. The van der Waals surface area contributed by atoms with Gasteiger partial charge < -0.3 is 23.7 Å². The van der Waals surface area contributed by atoms with Crippen LogP contribution in [0, 0.1) is 10.1 Å². The van der Waals surface area contributed by atoms with Gasteiger partial charge in [0, 0.05) is 11.6 Å².